The van der Waals surface area contributed by atoms with Crippen molar-refractivity contribution in [2.45, 2.75) is 148 Å². The van der Waals surface area contributed by atoms with Gasteiger partial charge in [-0.25, -0.2) is 0 Å². The minimum absolute atomic E-state index is 0. The average molecular weight is 614 g/mol. The van der Waals surface area contributed by atoms with Crippen LogP contribution in [0.25, 0.3) is 0 Å². The number of ether oxygens (including phenoxy) is 1. The Labute approximate surface area is 272 Å². The van der Waals surface area contributed by atoms with Crippen molar-refractivity contribution < 1.29 is 26.4 Å². The van der Waals surface area contributed by atoms with Gasteiger partial charge in [-0.15, -0.1) is 0 Å². The Hall–Kier alpha value is -1.84. The monoisotopic (exact) mass is 613 g/mol. The average Bonchev–Trinajstić information content (AvgIpc) is 3.01. The summed E-state index contributed by atoms with van der Waals surface area (Å²) in [4.78, 5) is 13.4. The van der Waals surface area contributed by atoms with E-state index in [1.54, 1.807) is 0 Å². The van der Waals surface area contributed by atoms with E-state index in [0.29, 0.717) is 11.1 Å². The van der Waals surface area contributed by atoms with Crippen LogP contribution in [-0.4, -0.2) is 37.1 Å². The molecule has 2 aromatic rings. The second-order valence-electron chi connectivity index (χ2n) is 13.1. The van der Waals surface area contributed by atoms with Gasteiger partial charge in [0.2, 0.25) is 6.23 Å². The highest BCUT2D eigenvalue weighted by molar-refractivity contribution is 6.10. The lowest BCUT2D eigenvalue weighted by Crippen LogP contribution is -3.00. The van der Waals surface area contributed by atoms with Gasteiger partial charge >= 0.3 is 0 Å². The Morgan fingerprint density at radius 3 is 1.58 bits per heavy atom. The van der Waals surface area contributed by atoms with E-state index in [1.165, 1.54) is 122 Å². The molecule has 0 saturated carbocycles. The first-order valence-corrected chi connectivity index (χ1v) is 17.7. The summed E-state index contributed by atoms with van der Waals surface area (Å²) in [5.41, 5.74) is 1.37. The maximum absolute atomic E-state index is 13.4. The molecule has 0 aliphatic rings. The molecule has 0 radical (unpaired) electrons. The van der Waals surface area contributed by atoms with Crippen molar-refractivity contribution in [3.63, 3.8) is 0 Å². The number of carbonyl (C=O) groups excluding carboxylic acids is 1. The molecule has 0 heterocycles. The molecule has 43 heavy (non-hydrogen) atoms. The van der Waals surface area contributed by atoms with Gasteiger partial charge in [0.05, 0.1) is 26.2 Å². The van der Waals surface area contributed by atoms with E-state index in [1.807, 2.05) is 54.6 Å². The van der Waals surface area contributed by atoms with Crippen LogP contribution in [0.1, 0.15) is 158 Å². The number of hydrogen-bond donors (Lipinski definition) is 0. The van der Waals surface area contributed by atoms with Crippen molar-refractivity contribution in [2.24, 2.45) is 0 Å². The van der Waals surface area contributed by atoms with Gasteiger partial charge < -0.3 is 17.1 Å². The zero-order valence-corrected chi connectivity index (χ0v) is 29.0. The van der Waals surface area contributed by atoms with Crippen LogP contribution in [0.4, 0.5) is 0 Å². The van der Waals surface area contributed by atoms with Crippen LogP contribution in [-0.2, 0) is 0 Å². The number of hydrogen-bond acceptors (Lipinski definition) is 2. The van der Waals surface area contributed by atoms with Gasteiger partial charge in [-0.3, -0.25) is 9.28 Å². The van der Waals surface area contributed by atoms with Crippen molar-refractivity contribution >= 4 is 5.78 Å². The maximum atomic E-state index is 13.4. The number of carbonyl (C=O) groups is 1. The first-order valence-electron chi connectivity index (χ1n) is 17.7. The van der Waals surface area contributed by atoms with Crippen LogP contribution in [0.5, 0.6) is 5.75 Å². The Balaban J connectivity index is 0.00000924. The van der Waals surface area contributed by atoms with Crippen molar-refractivity contribution in [1.29, 1.82) is 0 Å². The number of ketones is 1. The minimum Gasteiger partial charge on any atom is -1.00 e. The summed E-state index contributed by atoms with van der Waals surface area (Å²) in [6.07, 6.45) is 26.7. The fraction of sp³-hybridized carbons (Fsp3) is 0.667. The van der Waals surface area contributed by atoms with Crippen LogP contribution in [0.2, 0.25) is 0 Å². The number of nitrogens with zero attached hydrogens (tertiary/aromatic N) is 1. The third-order valence-electron chi connectivity index (χ3n) is 8.85. The van der Waals surface area contributed by atoms with Crippen molar-refractivity contribution in [1.82, 2.24) is 0 Å². The Morgan fingerprint density at radius 1 is 0.605 bits per heavy atom. The molecule has 0 aliphatic carbocycles. The molecular formula is C39H64ClNO2. The normalized spacial score (nSPS) is 12.1. The third-order valence-corrected chi connectivity index (χ3v) is 8.85. The predicted molar refractivity (Wildman–Crippen MR) is 181 cm³/mol. The van der Waals surface area contributed by atoms with Gasteiger partial charge in [0.1, 0.15) is 5.75 Å². The molecule has 0 spiro atoms. The maximum Gasteiger partial charge on any atom is 0.233 e. The molecular weight excluding hydrogens is 550 g/mol. The summed E-state index contributed by atoms with van der Waals surface area (Å²) in [6.45, 7) is 5.65. The molecule has 0 N–H and O–H groups in total. The van der Waals surface area contributed by atoms with Crippen LogP contribution >= 0.6 is 0 Å². The molecule has 0 bridgehead atoms. The zero-order chi connectivity index (χ0) is 30.3. The van der Waals surface area contributed by atoms with E-state index in [0.717, 1.165) is 23.2 Å². The SMILES string of the molecule is CCCCCCCCCCCCCCCCCC(Oc1ccccc1C(=O)c1ccccc1)[N+](C)(C)CCCCCC.[Cl-]. The highest BCUT2D eigenvalue weighted by Gasteiger charge is 2.30. The van der Waals surface area contributed by atoms with Crippen LogP contribution in [0, 0.1) is 0 Å². The lowest BCUT2D eigenvalue weighted by atomic mass is 10.0. The molecule has 244 valence electrons. The topological polar surface area (TPSA) is 26.3 Å². The van der Waals surface area contributed by atoms with E-state index in [9.17, 15) is 4.79 Å². The highest BCUT2D eigenvalue weighted by Crippen LogP contribution is 2.27. The first-order chi connectivity index (χ1) is 20.5. The standard InChI is InChI=1S/C39H64NO2.ClH/c1-5-7-9-11-12-13-14-15-16-17-18-19-20-21-25-33-38(40(3,4)34-28-10-8-6-2)42-37-32-27-26-31-36(37)39(41)35-29-23-22-24-30-35;/h22-24,26-27,29-32,38H,5-21,25,28,33-34H2,1-4H3;1H/q+1;/p-1. The van der Waals surface area contributed by atoms with Crippen LogP contribution in [0.3, 0.4) is 0 Å². The molecule has 4 heteroatoms. The quantitative estimate of drug-likeness (QED) is 0.0460. The summed E-state index contributed by atoms with van der Waals surface area (Å²) >= 11 is 0. The number of para-hydroxylation sites is 1. The van der Waals surface area contributed by atoms with E-state index < -0.39 is 0 Å². The van der Waals surface area contributed by atoms with Crippen molar-refractivity contribution in [2.75, 3.05) is 20.6 Å². The highest BCUT2D eigenvalue weighted by atomic mass is 35.5. The molecule has 1 unspecified atom stereocenters. The summed E-state index contributed by atoms with van der Waals surface area (Å²) in [7, 11) is 4.62. The van der Waals surface area contributed by atoms with Crippen LogP contribution in [0.15, 0.2) is 54.6 Å². The summed E-state index contributed by atoms with van der Waals surface area (Å²) in [6, 6.07) is 17.4. The Bertz CT molecular complexity index is 945. The van der Waals surface area contributed by atoms with E-state index >= 15 is 0 Å². The molecule has 0 fully saturated rings. The molecule has 0 amide bonds. The zero-order valence-electron chi connectivity index (χ0n) is 28.3. The van der Waals surface area contributed by atoms with Gasteiger partial charge in [-0.1, -0.05) is 159 Å². The third kappa shape index (κ3) is 16.7. The smallest absolute Gasteiger partial charge is 0.233 e. The molecule has 0 aliphatic heterocycles. The number of unbranched alkanes of at least 4 members (excludes halogenated alkanes) is 17. The van der Waals surface area contributed by atoms with Gasteiger partial charge in [0.15, 0.2) is 5.78 Å². The number of benzene rings is 2. The largest absolute Gasteiger partial charge is 1.00 e. The second-order valence-corrected chi connectivity index (χ2v) is 13.1. The predicted octanol–water partition coefficient (Wildman–Crippen LogP) is 8.54. The lowest BCUT2D eigenvalue weighted by molar-refractivity contribution is -0.933. The molecule has 2 aromatic carbocycles. The van der Waals surface area contributed by atoms with Crippen molar-refractivity contribution in [3.05, 3.63) is 65.7 Å². The van der Waals surface area contributed by atoms with Gasteiger partial charge in [0, 0.05) is 12.0 Å². The number of halogens is 1. The molecule has 3 nitrogen and oxygen atoms in total. The van der Waals surface area contributed by atoms with Gasteiger partial charge in [-0.05, 0) is 31.4 Å². The summed E-state index contributed by atoms with van der Waals surface area (Å²) in [5.74, 6) is 0.752. The summed E-state index contributed by atoms with van der Waals surface area (Å²) in [5, 5.41) is 0. The summed E-state index contributed by atoms with van der Waals surface area (Å²) < 4.78 is 7.61. The fourth-order valence-corrected chi connectivity index (χ4v) is 5.98. The van der Waals surface area contributed by atoms with Gasteiger partial charge in [0.25, 0.3) is 0 Å². The first kappa shape index (κ1) is 39.2. The van der Waals surface area contributed by atoms with E-state index in [2.05, 4.69) is 27.9 Å². The fourth-order valence-electron chi connectivity index (χ4n) is 5.98. The number of rotatable bonds is 26. The molecule has 1 atom stereocenters. The van der Waals surface area contributed by atoms with E-state index in [4.69, 9.17) is 4.74 Å². The molecule has 2 rings (SSSR count). The Kier molecular flexibility index (Phi) is 22.3. The Morgan fingerprint density at radius 2 is 1.05 bits per heavy atom. The van der Waals surface area contributed by atoms with Crippen LogP contribution < -0.4 is 17.1 Å². The lowest BCUT2D eigenvalue weighted by Gasteiger charge is -2.38. The molecule has 0 saturated heterocycles. The van der Waals surface area contributed by atoms with E-state index in [-0.39, 0.29) is 24.4 Å². The van der Waals surface area contributed by atoms with Crippen molar-refractivity contribution in [3.8, 4) is 5.75 Å². The molecule has 0 aromatic heterocycles. The van der Waals surface area contributed by atoms with Gasteiger partial charge in [-0.2, -0.15) is 0 Å². The second kappa shape index (κ2) is 24.5. The number of quaternary nitrogens is 1. The minimum atomic E-state index is 0.